The van der Waals surface area contributed by atoms with Crippen LogP contribution in [0.4, 0.5) is 5.69 Å². The predicted molar refractivity (Wildman–Crippen MR) is 111 cm³/mol. The molecule has 1 fully saturated rings. The molecule has 0 saturated carbocycles. The van der Waals surface area contributed by atoms with Gasteiger partial charge in [0.1, 0.15) is 0 Å². The van der Waals surface area contributed by atoms with E-state index in [2.05, 4.69) is 15.0 Å². The van der Waals surface area contributed by atoms with Crippen LogP contribution in [0.5, 0.6) is 0 Å². The number of carbonyl (C=O) groups excluding carboxylic acids is 1. The Bertz CT molecular complexity index is 981. The van der Waals surface area contributed by atoms with Gasteiger partial charge in [-0.1, -0.05) is 12.1 Å². The fourth-order valence-electron chi connectivity index (χ4n) is 3.34. The Morgan fingerprint density at radius 1 is 1.23 bits per heavy atom. The van der Waals surface area contributed by atoms with Crippen molar-refractivity contribution in [3.05, 3.63) is 35.5 Å². The summed E-state index contributed by atoms with van der Waals surface area (Å²) in [6.07, 6.45) is 4.75. The van der Waals surface area contributed by atoms with Gasteiger partial charge in [0.2, 0.25) is 10.0 Å². The number of hydrogen-bond donors (Lipinski definition) is 0. The number of aromatic nitrogens is 2. The van der Waals surface area contributed by atoms with E-state index in [0.717, 1.165) is 43.1 Å². The van der Waals surface area contributed by atoms with E-state index >= 15 is 0 Å². The normalized spacial score (nSPS) is 14.9. The van der Waals surface area contributed by atoms with Crippen LogP contribution in [0.3, 0.4) is 0 Å². The number of nitrogens with zero attached hydrogens (tertiary/aromatic N) is 4. The van der Waals surface area contributed by atoms with Crippen LogP contribution in [0.15, 0.2) is 27.6 Å². The standard InChI is InChI=1S/C20H28N4O5S/c1-4-8-18-21-19(29-22-18)14-28-20(25)16-13-15(30(26,27)23(2)3)9-10-17(16)24-11-6-5-7-12-24/h9-10,13H,4-8,11-12,14H2,1-3H3. The monoisotopic (exact) mass is 436 g/mol. The van der Waals surface area contributed by atoms with Crippen LogP contribution in [0.1, 0.15) is 54.7 Å². The summed E-state index contributed by atoms with van der Waals surface area (Å²) >= 11 is 0. The van der Waals surface area contributed by atoms with Crippen LogP contribution in [0, 0.1) is 0 Å². The van der Waals surface area contributed by atoms with Gasteiger partial charge < -0.3 is 14.2 Å². The van der Waals surface area contributed by atoms with E-state index in [-0.39, 0.29) is 23.0 Å². The lowest BCUT2D eigenvalue weighted by Gasteiger charge is -2.30. The molecule has 1 aromatic carbocycles. The number of sulfonamides is 1. The Labute approximate surface area is 177 Å². The van der Waals surface area contributed by atoms with Gasteiger partial charge in [-0.3, -0.25) is 0 Å². The van der Waals surface area contributed by atoms with Gasteiger partial charge in [-0.25, -0.2) is 17.5 Å². The molecule has 0 amide bonds. The van der Waals surface area contributed by atoms with Gasteiger partial charge in [-0.05, 0) is 43.9 Å². The van der Waals surface area contributed by atoms with Crippen LogP contribution >= 0.6 is 0 Å². The quantitative estimate of drug-likeness (QED) is 0.582. The molecule has 30 heavy (non-hydrogen) atoms. The maximum Gasteiger partial charge on any atom is 0.340 e. The summed E-state index contributed by atoms with van der Waals surface area (Å²) < 4.78 is 36.7. The zero-order chi connectivity index (χ0) is 21.7. The van der Waals surface area contributed by atoms with Gasteiger partial charge in [0, 0.05) is 33.6 Å². The van der Waals surface area contributed by atoms with Crippen LogP contribution in [-0.2, 0) is 27.8 Å². The largest absolute Gasteiger partial charge is 0.452 e. The summed E-state index contributed by atoms with van der Waals surface area (Å²) in [5.74, 6) is 0.154. The van der Waals surface area contributed by atoms with Crippen molar-refractivity contribution in [1.29, 1.82) is 0 Å². The molecule has 0 spiro atoms. The first kappa shape index (κ1) is 22.2. The van der Waals surface area contributed by atoms with E-state index in [9.17, 15) is 13.2 Å². The van der Waals surface area contributed by atoms with E-state index in [1.165, 1.54) is 26.2 Å². The number of carbonyl (C=O) groups is 1. The third-order valence-corrected chi connectivity index (χ3v) is 6.78. The first-order chi connectivity index (χ1) is 14.3. The molecule has 1 aromatic heterocycles. The van der Waals surface area contributed by atoms with E-state index in [0.29, 0.717) is 17.9 Å². The lowest BCUT2D eigenvalue weighted by molar-refractivity contribution is 0.0430. The van der Waals surface area contributed by atoms with Crippen molar-refractivity contribution in [1.82, 2.24) is 14.4 Å². The molecule has 3 rings (SSSR count). The van der Waals surface area contributed by atoms with Gasteiger partial charge >= 0.3 is 5.97 Å². The third kappa shape index (κ3) is 4.99. The minimum atomic E-state index is -3.68. The van der Waals surface area contributed by atoms with Gasteiger partial charge in [-0.2, -0.15) is 4.98 Å². The summed E-state index contributed by atoms with van der Waals surface area (Å²) in [5, 5.41) is 3.84. The number of aryl methyl sites for hydroxylation is 1. The highest BCUT2D eigenvalue weighted by molar-refractivity contribution is 7.89. The number of benzene rings is 1. The maximum atomic E-state index is 12.9. The second-order valence-electron chi connectivity index (χ2n) is 7.44. The molecule has 2 aromatic rings. The smallest absolute Gasteiger partial charge is 0.340 e. The number of piperidine rings is 1. The minimum Gasteiger partial charge on any atom is -0.452 e. The Kier molecular flexibility index (Phi) is 7.09. The van der Waals surface area contributed by atoms with Gasteiger partial charge in [0.05, 0.1) is 16.1 Å². The molecular weight excluding hydrogens is 408 g/mol. The fraction of sp³-hybridized carbons (Fsp3) is 0.550. The molecule has 9 nitrogen and oxygen atoms in total. The highest BCUT2D eigenvalue weighted by atomic mass is 32.2. The summed E-state index contributed by atoms with van der Waals surface area (Å²) in [4.78, 5) is 19.2. The summed E-state index contributed by atoms with van der Waals surface area (Å²) in [5.41, 5.74) is 0.891. The van der Waals surface area contributed by atoms with E-state index in [1.807, 2.05) is 6.92 Å². The Morgan fingerprint density at radius 3 is 2.63 bits per heavy atom. The average molecular weight is 437 g/mol. The second-order valence-corrected chi connectivity index (χ2v) is 9.60. The number of rotatable bonds is 8. The van der Waals surface area contributed by atoms with Crippen LogP contribution < -0.4 is 4.90 Å². The molecule has 0 atom stereocenters. The first-order valence-corrected chi connectivity index (χ1v) is 11.6. The summed E-state index contributed by atoms with van der Waals surface area (Å²) in [6.45, 7) is 3.46. The van der Waals surface area contributed by atoms with Crippen molar-refractivity contribution >= 4 is 21.7 Å². The summed E-state index contributed by atoms with van der Waals surface area (Å²) in [7, 11) is -0.777. The van der Waals surface area contributed by atoms with Crippen LogP contribution in [-0.4, -0.2) is 56.0 Å². The van der Waals surface area contributed by atoms with Crippen molar-refractivity contribution in [3.63, 3.8) is 0 Å². The minimum absolute atomic E-state index is 0.0447. The zero-order valence-corrected chi connectivity index (χ0v) is 18.4. The molecule has 0 aliphatic carbocycles. The molecule has 10 heteroatoms. The van der Waals surface area contributed by atoms with Crippen LogP contribution in [0.2, 0.25) is 0 Å². The molecule has 1 aliphatic rings. The molecular formula is C20H28N4O5S. The van der Waals surface area contributed by atoms with Gasteiger partial charge in [0.25, 0.3) is 5.89 Å². The fourth-order valence-corrected chi connectivity index (χ4v) is 4.27. The number of esters is 1. The van der Waals surface area contributed by atoms with Crippen molar-refractivity contribution in [2.75, 3.05) is 32.1 Å². The SMILES string of the molecule is CCCc1noc(COC(=O)c2cc(S(=O)(=O)N(C)C)ccc2N2CCCCC2)n1. The van der Waals surface area contributed by atoms with Crippen molar-refractivity contribution in [2.45, 2.75) is 50.5 Å². The van der Waals surface area contributed by atoms with Crippen LogP contribution in [0.25, 0.3) is 0 Å². The topological polar surface area (TPSA) is 106 Å². The summed E-state index contributed by atoms with van der Waals surface area (Å²) in [6, 6.07) is 4.60. The Morgan fingerprint density at radius 2 is 1.97 bits per heavy atom. The van der Waals surface area contributed by atoms with Crippen molar-refractivity contribution in [3.8, 4) is 0 Å². The molecule has 1 aliphatic heterocycles. The average Bonchev–Trinajstić information content (AvgIpc) is 3.20. The lowest BCUT2D eigenvalue weighted by Crippen LogP contribution is -2.31. The molecule has 0 N–H and O–H groups in total. The highest BCUT2D eigenvalue weighted by Gasteiger charge is 2.25. The molecule has 0 unspecified atom stereocenters. The Hall–Kier alpha value is -2.46. The van der Waals surface area contributed by atoms with Crippen molar-refractivity contribution < 1.29 is 22.5 Å². The molecule has 2 heterocycles. The number of ether oxygens (including phenoxy) is 1. The lowest BCUT2D eigenvalue weighted by atomic mass is 10.1. The molecule has 164 valence electrons. The Balaban J connectivity index is 1.87. The highest BCUT2D eigenvalue weighted by Crippen LogP contribution is 2.28. The van der Waals surface area contributed by atoms with Gasteiger partial charge in [0.15, 0.2) is 12.4 Å². The zero-order valence-electron chi connectivity index (χ0n) is 17.6. The van der Waals surface area contributed by atoms with E-state index in [4.69, 9.17) is 9.26 Å². The van der Waals surface area contributed by atoms with Crippen molar-refractivity contribution in [2.24, 2.45) is 0 Å². The number of hydrogen-bond acceptors (Lipinski definition) is 8. The third-order valence-electron chi connectivity index (χ3n) is 4.97. The molecule has 0 radical (unpaired) electrons. The van der Waals surface area contributed by atoms with Gasteiger partial charge in [-0.15, -0.1) is 0 Å². The maximum absolute atomic E-state index is 12.9. The first-order valence-electron chi connectivity index (χ1n) is 10.1. The predicted octanol–water partition coefficient (Wildman–Crippen LogP) is 2.62. The molecule has 0 bridgehead atoms. The number of anilines is 1. The van der Waals surface area contributed by atoms with E-state index < -0.39 is 16.0 Å². The molecule has 1 saturated heterocycles. The second kappa shape index (κ2) is 9.57. The van der Waals surface area contributed by atoms with E-state index in [1.54, 1.807) is 6.07 Å².